The van der Waals surface area contributed by atoms with Gasteiger partial charge in [-0.3, -0.25) is 4.79 Å². The van der Waals surface area contributed by atoms with E-state index in [9.17, 15) is 9.18 Å². The summed E-state index contributed by atoms with van der Waals surface area (Å²) in [7, 11) is 0. The molecule has 0 bridgehead atoms. The van der Waals surface area contributed by atoms with E-state index in [4.69, 9.17) is 17.3 Å². The lowest BCUT2D eigenvalue weighted by Gasteiger charge is -2.08. The van der Waals surface area contributed by atoms with Crippen LogP contribution >= 0.6 is 11.6 Å². The Kier molecular flexibility index (Phi) is 3.66. The first kappa shape index (κ1) is 13.3. The van der Waals surface area contributed by atoms with Crippen LogP contribution in [-0.2, 0) is 0 Å². The van der Waals surface area contributed by atoms with Crippen LogP contribution in [0.4, 0.5) is 15.8 Å². The summed E-state index contributed by atoms with van der Waals surface area (Å²) in [6.45, 7) is 1.73. The van der Waals surface area contributed by atoms with Crippen molar-refractivity contribution in [3.05, 3.63) is 52.6 Å². The minimum atomic E-state index is -0.491. The molecule has 0 saturated carbocycles. The predicted molar refractivity (Wildman–Crippen MR) is 72.7 cm³/mol. The molecule has 0 spiro atoms. The van der Waals surface area contributed by atoms with E-state index in [1.807, 2.05) is 0 Å². The Hall–Kier alpha value is -2.14. The molecule has 19 heavy (non-hydrogen) atoms. The number of carbonyl (C=O) groups is 1. The van der Waals surface area contributed by atoms with Crippen molar-refractivity contribution in [1.29, 1.82) is 0 Å². The highest BCUT2D eigenvalue weighted by molar-refractivity contribution is 6.33. The number of nitrogen functional groups attached to an aromatic ring is 1. The Morgan fingerprint density at radius 1 is 1.37 bits per heavy atom. The van der Waals surface area contributed by atoms with Crippen molar-refractivity contribution in [2.24, 2.45) is 0 Å². The highest BCUT2D eigenvalue weighted by Crippen LogP contribution is 2.19. The molecule has 0 unspecified atom stereocenters. The van der Waals surface area contributed by atoms with Crippen LogP contribution in [0.5, 0.6) is 0 Å². The number of pyridine rings is 1. The summed E-state index contributed by atoms with van der Waals surface area (Å²) in [5.74, 6) is -0.915. The first-order valence-corrected chi connectivity index (χ1v) is 5.83. The summed E-state index contributed by atoms with van der Waals surface area (Å²) in [6.07, 6.45) is 1.35. The summed E-state index contributed by atoms with van der Waals surface area (Å²) in [6, 6.07) is 5.65. The van der Waals surface area contributed by atoms with Crippen molar-refractivity contribution in [3.8, 4) is 0 Å². The number of hydrogen-bond donors (Lipinski definition) is 2. The minimum absolute atomic E-state index is 0.0415. The summed E-state index contributed by atoms with van der Waals surface area (Å²) in [5, 5.41) is 2.59. The SMILES string of the molecule is Cc1cc(F)cc(NC(=O)c2cc(N)cnc2Cl)c1. The van der Waals surface area contributed by atoms with E-state index in [-0.39, 0.29) is 10.7 Å². The molecule has 4 nitrogen and oxygen atoms in total. The number of nitrogens with zero attached hydrogens (tertiary/aromatic N) is 1. The van der Waals surface area contributed by atoms with Crippen LogP contribution in [0, 0.1) is 12.7 Å². The quantitative estimate of drug-likeness (QED) is 0.830. The number of anilines is 2. The van der Waals surface area contributed by atoms with Gasteiger partial charge in [-0.05, 0) is 36.8 Å². The molecule has 1 aromatic carbocycles. The third kappa shape index (κ3) is 3.20. The Bertz CT molecular complexity index is 626. The second-order valence-corrected chi connectivity index (χ2v) is 4.44. The Morgan fingerprint density at radius 3 is 2.79 bits per heavy atom. The fourth-order valence-corrected chi connectivity index (χ4v) is 1.82. The molecule has 0 atom stereocenters. The van der Waals surface area contributed by atoms with Crippen LogP contribution in [-0.4, -0.2) is 10.9 Å². The smallest absolute Gasteiger partial charge is 0.258 e. The van der Waals surface area contributed by atoms with Gasteiger partial charge in [0.2, 0.25) is 0 Å². The number of aryl methyl sites for hydroxylation is 1. The average molecular weight is 280 g/mol. The number of carbonyl (C=O) groups excluding carboxylic acids is 1. The predicted octanol–water partition coefficient (Wildman–Crippen LogP) is 3.02. The second kappa shape index (κ2) is 5.24. The van der Waals surface area contributed by atoms with Crippen LogP contribution in [0.15, 0.2) is 30.5 Å². The third-order valence-electron chi connectivity index (χ3n) is 2.40. The number of rotatable bonds is 2. The van der Waals surface area contributed by atoms with E-state index in [0.29, 0.717) is 16.9 Å². The standard InChI is InChI=1S/C13H11ClFN3O/c1-7-2-8(15)4-10(3-7)18-13(19)11-5-9(16)6-17-12(11)14/h2-6H,16H2,1H3,(H,18,19). The fraction of sp³-hybridized carbons (Fsp3) is 0.0769. The third-order valence-corrected chi connectivity index (χ3v) is 2.71. The highest BCUT2D eigenvalue weighted by Gasteiger charge is 2.12. The lowest BCUT2D eigenvalue weighted by Crippen LogP contribution is -2.13. The van der Waals surface area contributed by atoms with E-state index in [0.717, 1.165) is 0 Å². The van der Waals surface area contributed by atoms with Crippen LogP contribution in [0.3, 0.4) is 0 Å². The number of halogens is 2. The molecule has 0 aliphatic heterocycles. The van der Waals surface area contributed by atoms with Gasteiger partial charge in [0.15, 0.2) is 0 Å². The highest BCUT2D eigenvalue weighted by atomic mass is 35.5. The van der Waals surface area contributed by atoms with E-state index >= 15 is 0 Å². The minimum Gasteiger partial charge on any atom is -0.397 e. The lowest BCUT2D eigenvalue weighted by atomic mass is 10.2. The zero-order valence-electron chi connectivity index (χ0n) is 10.1. The molecule has 98 valence electrons. The van der Waals surface area contributed by atoms with Gasteiger partial charge in [-0.1, -0.05) is 11.6 Å². The maximum Gasteiger partial charge on any atom is 0.258 e. The molecule has 2 aromatic rings. The van der Waals surface area contributed by atoms with Gasteiger partial charge in [0.05, 0.1) is 17.4 Å². The summed E-state index contributed by atoms with van der Waals surface area (Å²) >= 11 is 5.82. The first-order chi connectivity index (χ1) is 8.95. The van der Waals surface area contributed by atoms with Crippen LogP contribution < -0.4 is 11.1 Å². The Morgan fingerprint density at radius 2 is 2.11 bits per heavy atom. The molecule has 2 rings (SSSR count). The van der Waals surface area contributed by atoms with Crippen LogP contribution in [0.2, 0.25) is 5.15 Å². The molecule has 6 heteroatoms. The maximum absolute atomic E-state index is 13.2. The molecule has 0 saturated heterocycles. The van der Waals surface area contributed by atoms with Crippen molar-refractivity contribution < 1.29 is 9.18 Å². The molecule has 0 aliphatic rings. The van der Waals surface area contributed by atoms with E-state index in [2.05, 4.69) is 10.3 Å². The molecule has 1 heterocycles. The Balaban J connectivity index is 2.28. The van der Waals surface area contributed by atoms with Gasteiger partial charge in [-0.2, -0.15) is 0 Å². The van der Waals surface area contributed by atoms with Gasteiger partial charge >= 0.3 is 0 Å². The molecule has 1 aromatic heterocycles. The second-order valence-electron chi connectivity index (χ2n) is 4.08. The maximum atomic E-state index is 13.2. The van der Waals surface area contributed by atoms with Crippen LogP contribution in [0.1, 0.15) is 15.9 Å². The molecular formula is C13H11ClFN3O. The van der Waals surface area contributed by atoms with E-state index < -0.39 is 11.7 Å². The largest absolute Gasteiger partial charge is 0.397 e. The van der Waals surface area contributed by atoms with Gasteiger partial charge < -0.3 is 11.1 Å². The number of nitrogens with one attached hydrogen (secondary N) is 1. The van der Waals surface area contributed by atoms with Crippen molar-refractivity contribution in [1.82, 2.24) is 4.98 Å². The van der Waals surface area contributed by atoms with Crippen molar-refractivity contribution in [2.75, 3.05) is 11.1 Å². The molecule has 0 radical (unpaired) electrons. The van der Waals surface area contributed by atoms with Crippen molar-refractivity contribution in [3.63, 3.8) is 0 Å². The van der Waals surface area contributed by atoms with Gasteiger partial charge in [0.1, 0.15) is 11.0 Å². The number of benzene rings is 1. The zero-order chi connectivity index (χ0) is 14.0. The molecule has 3 N–H and O–H groups in total. The summed E-state index contributed by atoms with van der Waals surface area (Å²) in [5.41, 5.74) is 7.06. The average Bonchev–Trinajstić information content (AvgIpc) is 2.30. The number of aromatic nitrogens is 1. The van der Waals surface area contributed by atoms with E-state index in [1.165, 1.54) is 24.4 Å². The number of nitrogens with two attached hydrogens (primary N) is 1. The van der Waals surface area contributed by atoms with Crippen molar-refractivity contribution in [2.45, 2.75) is 6.92 Å². The number of hydrogen-bond acceptors (Lipinski definition) is 3. The van der Waals surface area contributed by atoms with Gasteiger partial charge in [0, 0.05) is 5.69 Å². The van der Waals surface area contributed by atoms with Gasteiger partial charge in [-0.15, -0.1) is 0 Å². The van der Waals surface area contributed by atoms with Gasteiger partial charge in [-0.25, -0.2) is 9.37 Å². The summed E-state index contributed by atoms with van der Waals surface area (Å²) in [4.78, 5) is 15.8. The molecule has 1 amide bonds. The summed E-state index contributed by atoms with van der Waals surface area (Å²) < 4.78 is 13.2. The number of amides is 1. The first-order valence-electron chi connectivity index (χ1n) is 5.45. The zero-order valence-corrected chi connectivity index (χ0v) is 10.8. The molecular weight excluding hydrogens is 269 g/mol. The molecule has 0 fully saturated rings. The van der Waals surface area contributed by atoms with Crippen molar-refractivity contribution >= 4 is 28.9 Å². The lowest BCUT2D eigenvalue weighted by molar-refractivity contribution is 0.102. The van der Waals surface area contributed by atoms with Crippen LogP contribution in [0.25, 0.3) is 0 Å². The Labute approximate surface area is 114 Å². The van der Waals surface area contributed by atoms with E-state index in [1.54, 1.807) is 13.0 Å². The monoisotopic (exact) mass is 279 g/mol. The topological polar surface area (TPSA) is 68.0 Å². The normalized spacial score (nSPS) is 10.3. The molecule has 0 aliphatic carbocycles. The van der Waals surface area contributed by atoms with Gasteiger partial charge in [0.25, 0.3) is 5.91 Å². The fourth-order valence-electron chi connectivity index (χ4n) is 1.63.